The van der Waals surface area contributed by atoms with Crippen molar-refractivity contribution in [1.29, 1.82) is 0 Å². The van der Waals surface area contributed by atoms with Gasteiger partial charge in [0.15, 0.2) is 5.78 Å². The highest BCUT2D eigenvalue weighted by Crippen LogP contribution is 2.29. The highest BCUT2D eigenvalue weighted by Gasteiger charge is 2.29. The first-order valence-corrected chi connectivity index (χ1v) is 7.58. The molecule has 0 amide bonds. The molecular formula is C19H20F2O3. The van der Waals surface area contributed by atoms with Gasteiger partial charge in [-0.3, -0.25) is 4.79 Å². The molecule has 0 aromatic heterocycles. The van der Waals surface area contributed by atoms with Gasteiger partial charge in [-0.05, 0) is 35.4 Å². The quantitative estimate of drug-likeness (QED) is 0.730. The summed E-state index contributed by atoms with van der Waals surface area (Å²) in [6.07, 6.45) is 0. The molecule has 0 heterocycles. The molecule has 0 aliphatic carbocycles. The summed E-state index contributed by atoms with van der Waals surface area (Å²) in [5.74, 6) is -1.25. The minimum atomic E-state index is -1.00. The monoisotopic (exact) mass is 334 g/mol. The highest BCUT2D eigenvalue weighted by molar-refractivity contribution is 5.92. The van der Waals surface area contributed by atoms with Crippen LogP contribution in [0.2, 0.25) is 0 Å². The van der Waals surface area contributed by atoms with Crippen molar-refractivity contribution in [1.82, 2.24) is 0 Å². The molecule has 128 valence electrons. The summed E-state index contributed by atoms with van der Waals surface area (Å²) in [6.45, 7) is -1.75. The third-order valence-electron chi connectivity index (χ3n) is 4.03. The molecule has 0 aliphatic rings. The fraction of sp³-hybridized carbons (Fsp3) is 0.316. The Morgan fingerprint density at radius 3 is 1.38 bits per heavy atom. The Kier molecular flexibility index (Phi) is 6.29. The molecule has 0 spiro atoms. The van der Waals surface area contributed by atoms with Gasteiger partial charge in [0.2, 0.25) is 0 Å². The van der Waals surface area contributed by atoms with Gasteiger partial charge in [0.25, 0.3) is 0 Å². The van der Waals surface area contributed by atoms with Crippen molar-refractivity contribution < 1.29 is 23.0 Å². The van der Waals surface area contributed by atoms with Crippen molar-refractivity contribution in [3.63, 3.8) is 0 Å². The van der Waals surface area contributed by atoms with Crippen LogP contribution in [0.5, 0.6) is 11.5 Å². The molecule has 2 aromatic carbocycles. The van der Waals surface area contributed by atoms with Crippen molar-refractivity contribution >= 4 is 5.78 Å². The van der Waals surface area contributed by atoms with Crippen LogP contribution in [0.15, 0.2) is 48.5 Å². The number of carbonyl (C=O) groups excluding carboxylic acids is 1. The number of ether oxygens (including phenoxy) is 2. The molecule has 0 aliphatic heterocycles. The third-order valence-corrected chi connectivity index (χ3v) is 4.03. The predicted molar refractivity (Wildman–Crippen MR) is 88.4 cm³/mol. The van der Waals surface area contributed by atoms with Gasteiger partial charge in [-0.1, -0.05) is 24.3 Å². The topological polar surface area (TPSA) is 35.5 Å². The number of carbonyl (C=O) groups is 1. The maximum absolute atomic E-state index is 13.5. The van der Waals surface area contributed by atoms with Crippen LogP contribution in [-0.2, 0) is 4.79 Å². The molecule has 0 saturated heterocycles. The Balaban J connectivity index is 2.25. The standard InChI is InChI=1S/C19H20F2O3/c1-23-15-7-3-13(4-8-15)17(11-20)19(22)18(12-21)14-5-9-16(24-2)10-6-14/h3-10,17-18H,11-12H2,1-2H3. The van der Waals surface area contributed by atoms with Crippen molar-refractivity contribution in [2.45, 2.75) is 11.8 Å². The van der Waals surface area contributed by atoms with Gasteiger partial charge in [-0.15, -0.1) is 0 Å². The van der Waals surface area contributed by atoms with Gasteiger partial charge in [-0.2, -0.15) is 0 Å². The van der Waals surface area contributed by atoms with Crippen LogP contribution in [0.3, 0.4) is 0 Å². The van der Waals surface area contributed by atoms with E-state index in [1.807, 2.05) is 0 Å². The first kappa shape index (κ1) is 17.9. The lowest BCUT2D eigenvalue weighted by Crippen LogP contribution is -2.23. The second-order valence-electron chi connectivity index (χ2n) is 5.36. The number of halogens is 2. The molecule has 2 atom stereocenters. The summed E-state index contributed by atoms with van der Waals surface area (Å²) < 4.78 is 37.1. The second-order valence-corrected chi connectivity index (χ2v) is 5.36. The number of methoxy groups -OCH3 is 2. The molecule has 0 N–H and O–H groups in total. The zero-order valence-corrected chi connectivity index (χ0v) is 13.7. The molecule has 2 rings (SSSR count). The van der Waals surface area contributed by atoms with E-state index in [4.69, 9.17) is 9.47 Å². The third kappa shape index (κ3) is 3.91. The molecule has 3 nitrogen and oxygen atoms in total. The largest absolute Gasteiger partial charge is 0.497 e. The summed E-state index contributed by atoms with van der Waals surface area (Å²) in [5.41, 5.74) is 1.02. The minimum Gasteiger partial charge on any atom is -0.497 e. The molecule has 2 unspecified atom stereocenters. The number of benzene rings is 2. The Hall–Kier alpha value is -2.43. The first-order valence-electron chi connectivity index (χ1n) is 7.58. The summed E-state index contributed by atoms with van der Waals surface area (Å²) >= 11 is 0. The van der Waals surface area contributed by atoms with Crippen LogP contribution < -0.4 is 9.47 Å². The molecule has 24 heavy (non-hydrogen) atoms. The number of ketones is 1. The maximum atomic E-state index is 13.5. The number of Topliss-reactive ketones (excluding diaryl/α,β-unsaturated/α-hetero) is 1. The number of hydrogen-bond donors (Lipinski definition) is 0. The molecule has 0 radical (unpaired) electrons. The Bertz CT molecular complexity index is 596. The van der Waals surface area contributed by atoms with Gasteiger partial charge in [-0.25, -0.2) is 8.78 Å². The first-order chi connectivity index (χ1) is 11.6. The van der Waals surface area contributed by atoms with E-state index in [2.05, 4.69) is 0 Å². The van der Waals surface area contributed by atoms with E-state index < -0.39 is 31.0 Å². The van der Waals surface area contributed by atoms with Crippen molar-refractivity contribution in [3.05, 3.63) is 59.7 Å². The van der Waals surface area contributed by atoms with Gasteiger partial charge in [0.05, 0.1) is 26.1 Å². The van der Waals surface area contributed by atoms with E-state index in [1.165, 1.54) is 14.2 Å². The minimum absolute atomic E-state index is 0.477. The van der Waals surface area contributed by atoms with Crippen LogP contribution in [0.1, 0.15) is 23.0 Å². The lowest BCUT2D eigenvalue weighted by Gasteiger charge is -2.19. The predicted octanol–water partition coefficient (Wildman–Crippen LogP) is 4.08. The van der Waals surface area contributed by atoms with Crippen molar-refractivity contribution in [2.24, 2.45) is 0 Å². The van der Waals surface area contributed by atoms with Gasteiger partial charge in [0.1, 0.15) is 24.8 Å². The van der Waals surface area contributed by atoms with Crippen LogP contribution in [-0.4, -0.2) is 33.4 Å². The summed E-state index contributed by atoms with van der Waals surface area (Å²) in [5, 5.41) is 0. The Morgan fingerprint density at radius 1 is 0.792 bits per heavy atom. The fourth-order valence-corrected chi connectivity index (χ4v) is 2.57. The van der Waals surface area contributed by atoms with Gasteiger partial charge in [0, 0.05) is 0 Å². The van der Waals surface area contributed by atoms with E-state index in [-0.39, 0.29) is 0 Å². The zero-order valence-electron chi connectivity index (χ0n) is 13.7. The SMILES string of the molecule is COc1ccc(C(CF)C(=O)C(CF)c2ccc(OC)cc2)cc1. The molecule has 5 heteroatoms. The van der Waals surface area contributed by atoms with Crippen LogP contribution >= 0.6 is 0 Å². The Morgan fingerprint density at radius 2 is 1.12 bits per heavy atom. The van der Waals surface area contributed by atoms with Crippen LogP contribution in [0.25, 0.3) is 0 Å². The van der Waals surface area contributed by atoms with Gasteiger partial charge >= 0.3 is 0 Å². The molecule has 0 fully saturated rings. The van der Waals surface area contributed by atoms with E-state index in [0.717, 1.165) is 0 Å². The Labute approximate surface area is 140 Å². The lowest BCUT2D eigenvalue weighted by atomic mass is 9.85. The number of alkyl halides is 2. The molecular weight excluding hydrogens is 314 g/mol. The zero-order chi connectivity index (χ0) is 17.5. The smallest absolute Gasteiger partial charge is 0.153 e. The molecule has 0 bridgehead atoms. The average Bonchev–Trinajstić information content (AvgIpc) is 2.64. The van der Waals surface area contributed by atoms with Crippen LogP contribution in [0.4, 0.5) is 8.78 Å². The molecule has 2 aromatic rings. The van der Waals surface area contributed by atoms with Crippen molar-refractivity contribution in [2.75, 3.05) is 27.6 Å². The van der Waals surface area contributed by atoms with E-state index >= 15 is 0 Å². The average molecular weight is 334 g/mol. The van der Waals surface area contributed by atoms with E-state index in [0.29, 0.717) is 22.6 Å². The number of hydrogen-bond acceptors (Lipinski definition) is 3. The van der Waals surface area contributed by atoms with Crippen LogP contribution in [0, 0.1) is 0 Å². The van der Waals surface area contributed by atoms with E-state index in [1.54, 1.807) is 48.5 Å². The van der Waals surface area contributed by atoms with Gasteiger partial charge < -0.3 is 9.47 Å². The van der Waals surface area contributed by atoms with E-state index in [9.17, 15) is 13.6 Å². The summed E-state index contributed by atoms with van der Waals surface area (Å²) in [4.78, 5) is 12.7. The summed E-state index contributed by atoms with van der Waals surface area (Å²) in [6, 6.07) is 13.1. The summed E-state index contributed by atoms with van der Waals surface area (Å²) in [7, 11) is 3.05. The highest BCUT2D eigenvalue weighted by atomic mass is 19.1. The fourth-order valence-electron chi connectivity index (χ4n) is 2.57. The number of rotatable bonds is 8. The lowest BCUT2D eigenvalue weighted by molar-refractivity contribution is -0.122. The second kappa shape index (κ2) is 8.43. The maximum Gasteiger partial charge on any atom is 0.153 e. The molecule has 0 saturated carbocycles. The van der Waals surface area contributed by atoms with Crippen molar-refractivity contribution in [3.8, 4) is 11.5 Å². The normalized spacial score (nSPS) is 13.2.